The highest BCUT2D eigenvalue weighted by Crippen LogP contribution is 2.30. The maximum Gasteiger partial charge on any atom is 0.220 e. The molecular formula is C42H77NO13. The van der Waals surface area contributed by atoms with E-state index >= 15 is 0 Å². The monoisotopic (exact) mass is 804 g/mol. The SMILES string of the molecule is CCC/C=C\C/C=C\CCCCCCCC(=O)NC(COC1OC(CO)C(OC2OC(CO)C(O)C(O)C2O)C(O)C1O)C(O)CCCCCCCCCCC. The molecule has 0 aromatic heterocycles. The van der Waals surface area contributed by atoms with Crippen LogP contribution < -0.4 is 5.32 Å². The van der Waals surface area contributed by atoms with Crippen molar-refractivity contribution in [2.45, 2.75) is 216 Å². The molecule has 14 nitrogen and oxygen atoms in total. The highest BCUT2D eigenvalue weighted by molar-refractivity contribution is 5.76. The summed E-state index contributed by atoms with van der Waals surface area (Å²) in [6.45, 7) is 2.71. The van der Waals surface area contributed by atoms with E-state index < -0.39 is 86.8 Å². The smallest absolute Gasteiger partial charge is 0.220 e. The van der Waals surface area contributed by atoms with E-state index in [0.29, 0.717) is 12.8 Å². The minimum Gasteiger partial charge on any atom is -0.394 e. The Morgan fingerprint density at radius 1 is 0.643 bits per heavy atom. The molecule has 12 unspecified atom stereocenters. The third-order valence-electron chi connectivity index (χ3n) is 10.7. The standard InChI is InChI=1S/C42H77NO13/c1-3-5-7-9-11-13-14-15-16-18-20-22-24-26-34(47)43-30(31(46)25-23-21-19-17-12-10-8-6-4-2)29-53-41-39(52)37(50)40(33(28-45)55-41)56-42-38(51)36(49)35(48)32(27-44)54-42/h7,9,13-14,30-33,35-42,44-46,48-52H,3-6,8,10-12,15-29H2,1-2H3,(H,43,47)/b9-7-,14-13-. The second kappa shape index (κ2) is 30.5. The summed E-state index contributed by atoms with van der Waals surface area (Å²) in [5, 5.41) is 86.3. The van der Waals surface area contributed by atoms with Gasteiger partial charge in [-0.1, -0.05) is 122 Å². The summed E-state index contributed by atoms with van der Waals surface area (Å²) in [7, 11) is 0. The van der Waals surface area contributed by atoms with Gasteiger partial charge in [0.25, 0.3) is 0 Å². The van der Waals surface area contributed by atoms with Gasteiger partial charge in [0.15, 0.2) is 12.6 Å². The predicted octanol–water partition coefficient (Wildman–Crippen LogP) is 3.43. The molecule has 2 aliphatic rings. The van der Waals surface area contributed by atoms with Crippen LogP contribution in [0.15, 0.2) is 24.3 Å². The zero-order chi connectivity index (χ0) is 41.1. The molecule has 0 aliphatic carbocycles. The molecule has 2 fully saturated rings. The fraction of sp³-hybridized carbons (Fsp3) is 0.881. The highest BCUT2D eigenvalue weighted by Gasteiger charge is 2.50. The van der Waals surface area contributed by atoms with Gasteiger partial charge in [0.2, 0.25) is 5.91 Å². The van der Waals surface area contributed by atoms with Crippen molar-refractivity contribution in [3.05, 3.63) is 24.3 Å². The summed E-state index contributed by atoms with van der Waals surface area (Å²) < 4.78 is 22.6. The molecule has 2 aliphatic heterocycles. The van der Waals surface area contributed by atoms with E-state index in [1.54, 1.807) is 0 Å². The normalized spacial score (nSPS) is 29.6. The minimum atomic E-state index is -1.78. The largest absolute Gasteiger partial charge is 0.394 e. The highest BCUT2D eigenvalue weighted by atomic mass is 16.7. The molecule has 12 atom stereocenters. The molecule has 0 radical (unpaired) electrons. The average molecular weight is 804 g/mol. The molecule has 0 bridgehead atoms. The third-order valence-corrected chi connectivity index (χ3v) is 10.7. The van der Waals surface area contributed by atoms with Crippen LogP contribution in [0.5, 0.6) is 0 Å². The number of amides is 1. The van der Waals surface area contributed by atoms with Gasteiger partial charge in [-0.15, -0.1) is 0 Å². The number of rotatable bonds is 31. The van der Waals surface area contributed by atoms with Crippen LogP contribution in [0.3, 0.4) is 0 Å². The van der Waals surface area contributed by atoms with Crippen LogP contribution >= 0.6 is 0 Å². The third kappa shape index (κ3) is 19.0. The Balaban J connectivity index is 1.91. The molecule has 0 saturated carbocycles. The van der Waals surface area contributed by atoms with Gasteiger partial charge in [0.05, 0.1) is 32.0 Å². The van der Waals surface area contributed by atoms with Gasteiger partial charge in [0, 0.05) is 6.42 Å². The topological polar surface area (TPSA) is 228 Å². The van der Waals surface area contributed by atoms with Crippen LogP contribution in [0.2, 0.25) is 0 Å². The molecule has 2 saturated heterocycles. The fourth-order valence-corrected chi connectivity index (χ4v) is 7.04. The number of carbonyl (C=O) groups is 1. The lowest BCUT2D eigenvalue weighted by Gasteiger charge is -2.46. The van der Waals surface area contributed by atoms with Crippen molar-refractivity contribution < 1.29 is 64.6 Å². The summed E-state index contributed by atoms with van der Waals surface area (Å²) in [6.07, 6.45) is 12.0. The summed E-state index contributed by atoms with van der Waals surface area (Å²) in [5.74, 6) is -0.227. The lowest BCUT2D eigenvalue weighted by molar-refractivity contribution is -0.359. The first-order valence-corrected chi connectivity index (χ1v) is 21.6. The molecular weight excluding hydrogens is 726 g/mol. The molecule has 56 heavy (non-hydrogen) atoms. The van der Waals surface area contributed by atoms with Gasteiger partial charge in [0.1, 0.15) is 48.8 Å². The first kappa shape index (κ1) is 50.6. The average Bonchev–Trinajstić information content (AvgIpc) is 3.19. The lowest BCUT2D eigenvalue weighted by atomic mass is 9.97. The first-order valence-electron chi connectivity index (χ1n) is 21.6. The Hall–Kier alpha value is -1.53. The maximum absolute atomic E-state index is 13.1. The quantitative estimate of drug-likeness (QED) is 0.0362. The second-order valence-corrected chi connectivity index (χ2v) is 15.5. The van der Waals surface area contributed by atoms with E-state index in [0.717, 1.165) is 77.0 Å². The summed E-state index contributed by atoms with van der Waals surface area (Å²) >= 11 is 0. The molecule has 2 heterocycles. The Morgan fingerprint density at radius 3 is 1.86 bits per heavy atom. The van der Waals surface area contributed by atoms with Gasteiger partial charge in [-0.3, -0.25) is 4.79 Å². The number of nitrogens with one attached hydrogen (secondary N) is 1. The summed E-state index contributed by atoms with van der Waals surface area (Å²) in [5.41, 5.74) is 0. The van der Waals surface area contributed by atoms with Crippen LogP contribution in [0.1, 0.15) is 142 Å². The molecule has 1 amide bonds. The first-order chi connectivity index (χ1) is 27.1. The van der Waals surface area contributed by atoms with Crippen molar-refractivity contribution in [3.63, 3.8) is 0 Å². The van der Waals surface area contributed by atoms with E-state index in [9.17, 15) is 45.6 Å². The molecule has 328 valence electrons. The molecule has 2 rings (SSSR count). The Kier molecular flexibility index (Phi) is 27.6. The van der Waals surface area contributed by atoms with Gasteiger partial charge in [-0.25, -0.2) is 0 Å². The van der Waals surface area contributed by atoms with Crippen molar-refractivity contribution in [1.82, 2.24) is 5.32 Å². The summed E-state index contributed by atoms with van der Waals surface area (Å²) in [4.78, 5) is 13.1. The van der Waals surface area contributed by atoms with Crippen LogP contribution in [-0.4, -0.2) is 140 Å². The van der Waals surface area contributed by atoms with E-state index in [4.69, 9.17) is 18.9 Å². The molecule has 0 aromatic carbocycles. The fourth-order valence-electron chi connectivity index (χ4n) is 7.04. The van der Waals surface area contributed by atoms with Crippen molar-refractivity contribution >= 4 is 5.91 Å². The molecule has 14 heteroatoms. The Bertz CT molecular complexity index is 1050. The number of unbranched alkanes of at least 4 members (excludes halogenated alkanes) is 14. The van der Waals surface area contributed by atoms with E-state index in [1.165, 1.54) is 32.1 Å². The number of allylic oxidation sites excluding steroid dienone is 4. The predicted molar refractivity (Wildman–Crippen MR) is 212 cm³/mol. The number of aliphatic hydroxyl groups excluding tert-OH is 8. The van der Waals surface area contributed by atoms with Crippen molar-refractivity contribution in [3.8, 4) is 0 Å². The van der Waals surface area contributed by atoms with Gasteiger partial charge < -0.3 is 65.1 Å². The number of carbonyl (C=O) groups excluding carboxylic acids is 1. The maximum atomic E-state index is 13.1. The second-order valence-electron chi connectivity index (χ2n) is 15.5. The summed E-state index contributed by atoms with van der Waals surface area (Å²) in [6, 6.07) is -0.830. The van der Waals surface area contributed by atoms with Gasteiger partial charge in [-0.05, 0) is 38.5 Å². The van der Waals surface area contributed by atoms with Gasteiger partial charge >= 0.3 is 0 Å². The zero-order valence-corrected chi connectivity index (χ0v) is 34.1. The lowest BCUT2D eigenvalue weighted by Crippen LogP contribution is -2.65. The van der Waals surface area contributed by atoms with Crippen molar-refractivity contribution in [2.24, 2.45) is 0 Å². The van der Waals surface area contributed by atoms with E-state index in [2.05, 4.69) is 43.5 Å². The molecule has 0 spiro atoms. The van der Waals surface area contributed by atoms with Crippen molar-refractivity contribution in [1.29, 1.82) is 0 Å². The Labute approximate surface area is 335 Å². The number of hydrogen-bond acceptors (Lipinski definition) is 13. The number of ether oxygens (including phenoxy) is 4. The van der Waals surface area contributed by atoms with Gasteiger partial charge in [-0.2, -0.15) is 0 Å². The van der Waals surface area contributed by atoms with E-state index in [-0.39, 0.29) is 18.9 Å². The number of aliphatic hydroxyl groups is 8. The van der Waals surface area contributed by atoms with Crippen LogP contribution in [0.4, 0.5) is 0 Å². The molecule has 9 N–H and O–H groups in total. The minimum absolute atomic E-state index is 0.227. The molecule has 0 aromatic rings. The van der Waals surface area contributed by atoms with E-state index in [1.807, 2.05) is 0 Å². The van der Waals surface area contributed by atoms with Crippen molar-refractivity contribution in [2.75, 3.05) is 19.8 Å². The van der Waals surface area contributed by atoms with Crippen LogP contribution in [0, 0.1) is 0 Å². The zero-order valence-electron chi connectivity index (χ0n) is 34.1. The van der Waals surface area contributed by atoms with Crippen LogP contribution in [0.25, 0.3) is 0 Å². The Morgan fingerprint density at radius 2 is 1.21 bits per heavy atom. The number of hydrogen-bond donors (Lipinski definition) is 9. The van der Waals surface area contributed by atoms with Crippen LogP contribution in [-0.2, 0) is 23.7 Å².